The summed E-state index contributed by atoms with van der Waals surface area (Å²) in [4.78, 5) is 0. The highest BCUT2D eigenvalue weighted by Gasteiger charge is 2.18. The summed E-state index contributed by atoms with van der Waals surface area (Å²) in [5.74, 6) is 0.248. The van der Waals surface area contributed by atoms with Gasteiger partial charge >= 0.3 is 0 Å². The highest BCUT2D eigenvalue weighted by molar-refractivity contribution is 6.33. The second kappa shape index (κ2) is 7.09. The maximum atomic E-state index is 13.9. The van der Waals surface area contributed by atoms with Crippen molar-refractivity contribution in [2.75, 3.05) is 5.32 Å². The van der Waals surface area contributed by atoms with Crippen molar-refractivity contribution >= 4 is 28.5 Å². The van der Waals surface area contributed by atoms with Crippen LogP contribution < -0.4 is 5.32 Å². The number of hydrogen-bond donors (Lipinski definition) is 1. The molecule has 0 saturated heterocycles. The second-order valence-electron chi connectivity index (χ2n) is 5.53. The Balaban J connectivity index is 2.01. The van der Waals surface area contributed by atoms with Crippen molar-refractivity contribution in [1.82, 2.24) is 25.2 Å². The molecular formula is C16H18ClFN6. The van der Waals surface area contributed by atoms with E-state index >= 15 is 0 Å². The van der Waals surface area contributed by atoms with E-state index in [1.165, 1.54) is 6.07 Å². The third-order valence-corrected chi connectivity index (χ3v) is 4.25. The molecule has 126 valence electrons. The van der Waals surface area contributed by atoms with Crippen LogP contribution in [0.4, 0.5) is 10.2 Å². The predicted octanol–water partition coefficient (Wildman–Crippen LogP) is 3.66. The van der Waals surface area contributed by atoms with E-state index < -0.39 is 0 Å². The highest BCUT2D eigenvalue weighted by Crippen LogP contribution is 2.25. The lowest BCUT2D eigenvalue weighted by Crippen LogP contribution is -2.18. The van der Waals surface area contributed by atoms with Crippen molar-refractivity contribution in [1.29, 1.82) is 0 Å². The van der Waals surface area contributed by atoms with Gasteiger partial charge in [0.25, 0.3) is 0 Å². The molecule has 24 heavy (non-hydrogen) atoms. The Morgan fingerprint density at radius 2 is 1.92 bits per heavy atom. The Kier molecular flexibility index (Phi) is 4.89. The molecule has 1 N–H and O–H groups in total. The fraction of sp³-hybridized carbons (Fsp3) is 0.375. The molecule has 3 aromatic rings. The first-order valence-electron chi connectivity index (χ1n) is 7.89. The predicted molar refractivity (Wildman–Crippen MR) is 91.6 cm³/mol. The van der Waals surface area contributed by atoms with Gasteiger partial charge in [-0.15, -0.1) is 15.3 Å². The van der Waals surface area contributed by atoms with Gasteiger partial charge in [-0.1, -0.05) is 48.9 Å². The maximum Gasteiger partial charge on any atom is 0.179 e. The smallest absolute Gasteiger partial charge is 0.179 e. The van der Waals surface area contributed by atoms with Crippen LogP contribution in [0.1, 0.15) is 32.3 Å². The first-order valence-corrected chi connectivity index (χ1v) is 8.27. The van der Waals surface area contributed by atoms with E-state index in [9.17, 15) is 4.39 Å². The average molecular weight is 349 g/mol. The number of rotatable bonds is 6. The minimum atomic E-state index is -0.297. The molecule has 0 aliphatic heterocycles. The van der Waals surface area contributed by atoms with Crippen LogP contribution in [-0.2, 0) is 6.54 Å². The first-order chi connectivity index (χ1) is 11.6. The molecule has 0 saturated carbocycles. The van der Waals surface area contributed by atoms with Gasteiger partial charge in [0.1, 0.15) is 11.3 Å². The second-order valence-corrected chi connectivity index (χ2v) is 5.89. The average Bonchev–Trinajstić information content (AvgIpc) is 3.01. The number of nitrogens with zero attached hydrogens (tertiary/aromatic N) is 5. The molecule has 2 heterocycles. The molecular weight excluding hydrogens is 331 g/mol. The molecule has 2 aromatic heterocycles. The largest absolute Gasteiger partial charge is 0.364 e. The quantitative estimate of drug-likeness (QED) is 0.736. The van der Waals surface area contributed by atoms with Crippen molar-refractivity contribution in [3.63, 3.8) is 0 Å². The Morgan fingerprint density at radius 1 is 1.17 bits per heavy atom. The molecule has 0 radical (unpaired) electrons. The molecule has 0 atom stereocenters. The Morgan fingerprint density at radius 3 is 2.62 bits per heavy atom. The van der Waals surface area contributed by atoms with Crippen LogP contribution in [0.25, 0.3) is 11.0 Å². The third-order valence-electron chi connectivity index (χ3n) is 4.00. The number of anilines is 1. The molecule has 0 unspecified atom stereocenters. The zero-order valence-corrected chi connectivity index (χ0v) is 14.3. The molecule has 3 rings (SSSR count). The topological polar surface area (TPSA) is 68.5 Å². The Bertz CT molecular complexity index is 846. The summed E-state index contributed by atoms with van der Waals surface area (Å²) >= 11 is 6.19. The van der Waals surface area contributed by atoms with Crippen LogP contribution in [0, 0.1) is 5.82 Å². The Hall–Kier alpha value is -2.28. The van der Waals surface area contributed by atoms with E-state index in [0.717, 1.165) is 12.8 Å². The van der Waals surface area contributed by atoms with E-state index in [0.29, 0.717) is 22.4 Å². The standard InChI is InChI=1S/C16H18ClFN6/c1-3-11(4-2)19-16-13-14(15(17)21-22-16)24(23-20-13)9-10-7-5-6-8-12(10)18/h5-8,11H,3-4,9H2,1-2H3,(H,19,22). The summed E-state index contributed by atoms with van der Waals surface area (Å²) in [5, 5.41) is 19.9. The van der Waals surface area contributed by atoms with Gasteiger partial charge in [-0.2, -0.15) is 0 Å². The van der Waals surface area contributed by atoms with Crippen LogP contribution in [0.3, 0.4) is 0 Å². The summed E-state index contributed by atoms with van der Waals surface area (Å²) in [7, 11) is 0. The fourth-order valence-corrected chi connectivity index (χ4v) is 2.77. The molecule has 1 aromatic carbocycles. The lowest BCUT2D eigenvalue weighted by atomic mass is 10.2. The fourth-order valence-electron chi connectivity index (χ4n) is 2.55. The third kappa shape index (κ3) is 3.17. The molecule has 8 heteroatoms. The molecule has 0 fully saturated rings. The van der Waals surface area contributed by atoms with E-state index in [1.807, 2.05) is 0 Å². The summed E-state index contributed by atoms with van der Waals surface area (Å²) in [6.07, 6.45) is 1.90. The molecule has 0 aliphatic carbocycles. The molecule has 0 amide bonds. The van der Waals surface area contributed by atoms with E-state index in [2.05, 4.69) is 39.7 Å². The van der Waals surface area contributed by atoms with Crippen LogP contribution in [0.5, 0.6) is 0 Å². The van der Waals surface area contributed by atoms with Gasteiger partial charge < -0.3 is 5.32 Å². The van der Waals surface area contributed by atoms with Gasteiger partial charge in [0.2, 0.25) is 0 Å². The van der Waals surface area contributed by atoms with E-state index in [4.69, 9.17) is 11.6 Å². The minimum absolute atomic E-state index is 0.196. The molecule has 0 aliphatic rings. The van der Waals surface area contributed by atoms with Crippen LogP contribution in [0.15, 0.2) is 24.3 Å². The number of halogens is 2. The summed E-state index contributed by atoms with van der Waals surface area (Å²) in [6, 6.07) is 6.80. The minimum Gasteiger partial charge on any atom is -0.364 e. The Labute approximate surface area is 144 Å². The zero-order valence-electron chi connectivity index (χ0n) is 13.5. The summed E-state index contributed by atoms with van der Waals surface area (Å²) < 4.78 is 15.4. The highest BCUT2D eigenvalue weighted by atomic mass is 35.5. The number of hydrogen-bond acceptors (Lipinski definition) is 5. The van der Waals surface area contributed by atoms with Crippen molar-refractivity contribution in [2.45, 2.75) is 39.3 Å². The van der Waals surface area contributed by atoms with E-state index in [-0.39, 0.29) is 23.6 Å². The normalized spacial score (nSPS) is 11.4. The summed E-state index contributed by atoms with van der Waals surface area (Å²) in [5.41, 5.74) is 1.59. The van der Waals surface area contributed by atoms with Crippen molar-refractivity contribution < 1.29 is 4.39 Å². The van der Waals surface area contributed by atoms with Crippen LogP contribution >= 0.6 is 11.6 Å². The number of aromatic nitrogens is 5. The van der Waals surface area contributed by atoms with Gasteiger partial charge in [0.15, 0.2) is 16.5 Å². The van der Waals surface area contributed by atoms with Crippen molar-refractivity contribution in [3.8, 4) is 0 Å². The summed E-state index contributed by atoms with van der Waals surface area (Å²) in [6.45, 7) is 4.41. The number of nitrogens with one attached hydrogen (secondary N) is 1. The van der Waals surface area contributed by atoms with Gasteiger partial charge in [0.05, 0.1) is 6.54 Å². The van der Waals surface area contributed by atoms with Gasteiger partial charge in [0, 0.05) is 11.6 Å². The van der Waals surface area contributed by atoms with Gasteiger partial charge in [-0.05, 0) is 18.9 Å². The van der Waals surface area contributed by atoms with E-state index in [1.54, 1.807) is 22.9 Å². The molecule has 6 nitrogen and oxygen atoms in total. The maximum absolute atomic E-state index is 13.9. The first kappa shape index (κ1) is 16.6. The monoisotopic (exact) mass is 348 g/mol. The van der Waals surface area contributed by atoms with Crippen LogP contribution in [-0.4, -0.2) is 31.2 Å². The lowest BCUT2D eigenvalue weighted by Gasteiger charge is -2.15. The SMILES string of the molecule is CCC(CC)Nc1nnc(Cl)c2c1nnn2Cc1ccccc1F. The number of benzene rings is 1. The van der Waals surface area contributed by atoms with Crippen molar-refractivity contribution in [2.24, 2.45) is 0 Å². The lowest BCUT2D eigenvalue weighted by molar-refractivity contribution is 0.583. The van der Waals surface area contributed by atoms with Crippen molar-refractivity contribution in [3.05, 3.63) is 40.8 Å². The molecule has 0 bridgehead atoms. The van der Waals surface area contributed by atoms with Crippen LogP contribution in [0.2, 0.25) is 5.15 Å². The zero-order chi connectivity index (χ0) is 17.1. The number of fused-ring (bicyclic) bond motifs is 1. The van der Waals surface area contributed by atoms with Gasteiger partial charge in [-0.25, -0.2) is 9.07 Å². The van der Waals surface area contributed by atoms with Gasteiger partial charge in [-0.3, -0.25) is 0 Å². The molecule has 0 spiro atoms.